The molecule has 0 saturated carbocycles. The van der Waals surface area contributed by atoms with E-state index in [1.165, 1.54) is 0 Å². The van der Waals surface area contributed by atoms with Gasteiger partial charge in [0.1, 0.15) is 18.3 Å². The van der Waals surface area contributed by atoms with Crippen LogP contribution in [0.4, 0.5) is 5.95 Å². The number of para-hydroxylation sites is 1. The van der Waals surface area contributed by atoms with E-state index in [4.69, 9.17) is 4.74 Å². The predicted molar refractivity (Wildman–Crippen MR) is 86.7 cm³/mol. The number of benzene rings is 1. The molecule has 0 unspecified atom stereocenters. The first-order chi connectivity index (χ1) is 11.2. The van der Waals surface area contributed by atoms with E-state index in [1.807, 2.05) is 47.0 Å². The first-order valence-corrected chi connectivity index (χ1v) is 7.97. The predicted octanol–water partition coefficient (Wildman–Crippen LogP) is 1.24. The highest BCUT2D eigenvalue weighted by Gasteiger charge is 2.34. The number of piperazine rings is 1. The van der Waals surface area contributed by atoms with Crippen LogP contribution >= 0.6 is 0 Å². The van der Waals surface area contributed by atoms with Crippen LogP contribution in [0, 0.1) is 0 Å². The number of fused-ring (bicyclic) bond motifs is 1. The van der Waals surface area contributed by atoms with Crippen molar-refractivity contribution in [1.29, 1.82) is 0 Å². The molecule has 4 rings (SSSR count). The molecule has 1 atom stereocenters. The lowest BCUT2D eigenvalue weighted by Crippen LogP contribution is -2.50. The van der Waals surface area contributed by atoms with Crippen molar-refractivity contribution in [2.45, 2.75) is 5.92 Å². The van der Waals surface area contributed by atoms with Crippen molar-refractivity contribution in [1.82, 2.24) is 14.5 Å². The number of rotatable bonds is 2. The van der Waals surface area contributed by atoms with Crippen molar-refractivity contribution in [3.8, 4) is 5.75 Å². The minimum Gasteiger partial charge on any atom is -0.492 e. The van der Waals surface area contributed by atoms with Crippen molar-refractivity contribution in [2.24, 2.45) is 7.05 Å². The molecule has 1 amide bonds. The summed E-state index contributed by atoms with van der Waals surface area (Å²) in [5, 5.41) is 0. The lowest BCUT2D eigenvalue weighted by Gasteiger charge is -2.36. The molecule has 1 saturated heterocycles. The van der Waals surface area contributed by atoms with Crippen LogP contribution in [0.15, 0.2) is 36.7 Å². The number of hydrogen-bond acceptors (Lipinski definition) is 4. The average molecular weight is 312 g/mol. The van der Waals surface area contributed by atoms with Gasteiger partial charge in [-0.3, -0.25) is 4.79 Å². The van der Waals surface area contributed by atoms with E-state index in [9.17, 15) is 4.79 Å². The first-order valence-electron chi connectivity index (χ1n) is 7.97. The van der Waals surface area contributed by atoms with E-state index in [2.05, 4.69) is 9.88 Å². The van der Waals surface area contributed by atoms with Crippen LogP contribution in [0.2, 0.25) is 0 Å². The van der Waals surface area contributed by atoms with Gasteiger partial charge in [0.25, 0.3) is 0 Å². The van der Waals surface area contributed by atoms with E-state index in [1.54, 1.807) is 6.20 Å². The second-order valence-electron chi connectivity index (χ2n) is 6.05. The smallest absolute Gasteiger partial charge is 0.233 e. The molecule has 23 heavy (non-hydrogen) atoms. The summed E-state index contributed by atoms with van der Waals surface area (Å²) < 4.78 is 7.66. The molecule has 0 N–H and O–H groups in total. The summed E-state index contributed by atoms with van der Waals surface area (Å²) in [6.45, 7) is 3.53. The number of imidazole rings is 1. The van der Waals surface area contributed by atoms with Crippen molar-refractivity contribution in [3.63, 3.8) is 0 Å². The van der Waals surface area contributed by atoms with Gasteiger partial charge in [0.2, 0.25) is 11.9 Å². The third-order valence-corrected chi connectivity index (χ3v) is 4.67. The van der Waals surface area contributed by atoms with Crippen LogP contribution < -0.4 is 9.64 Å². The third kappa shape index (κ3) is 2.44. The van der Waals surface area contributed by atoms with Crippen LogP contribution in [0.3, 0.4) is 0 Å². The quantitative estimate of drug-likeness (QED) is 0.837. The maximum absolute atomic E-state index is 12.8. The Hall–Kier alpha value is -2.50. The van der Waals surface area contributed by atoms with Gasteiger partial charge in [-0.05, 0) is 6.07 Å². The molecule has 120 valence electrons. The minimum absolute atomic E-state index is 0.161. The monoisotopic (exact) mass is 312 g/mol. The fraction of sp³-hybridized carbons (Fsp3) is 0.412. The number of nitrogens with zero attached hydrogens (tertiary/aromatic N) is 4. The zero-order valence-corrected chi connectivity index (χ0v) is 13.2. The summed E-state index contributed by atoms with van der Waals surface area (Å²) in [6, 6.07) is 7.83. The highest BCUT2D eigenvalue weighted by atomic mass is 16.5. The summed E-state index contributed by atoms with van der Waals surface area (Å²) in [5.74, 6) is 1.82. The zero-order chi connectivity index (χ0) is 15.8. The summed E-state index contributed by atoms with van der Waals surface area (Å²) in [5.41, 5.74) is 1.02. The van der Waals surface area contributed by atoms with Gasteiger partial charge in [0.15, 0.2) is 0 Å². The Labute approximate surface area is 135 Å². The van der Waals surface area contributed by atoms with Crippen LogP contribution in [0.5, 0.6) is 5.75 Å². The number of carbonyl (C=O) groups is 1. The van der Waals surface area contributed by atoms with Gasteiger partial charge in [-0.25, -0.2) is 4.98 Å². The number of hydrogen-bond donors (Lipinski definition) is 0. The normalized spacial score (nSPS) is 20.3. The molecule has 0 aliphatic carbocycles. The maximum atomic E-state index is 12.8. The molecule has 0 radical (unpaired) electrons. The van der Waals surface area contributed by atoms with E-state index < -0.39 is 0 Å². The van der Waals surface area contributed by atoms with Gasteiger partial charge in [0, 0.05) is 51.2 Å². The van der Waals surface area contributed by atoms with Crippen molar-refractivity contribution < 1.29 is 9.53 Å². The van der Waals surface area contributed by atoms with Gasteiger partial charge >= 0.3 is 0 Å². The molecular formula is C17H20N4O2. The minimum atomic E-state index is -0.161. The second-order valence-corrected chi connectivity index (χ2v) is 6.05. The molecular weight excluding hydrogens is 292 g/mol. The molecule has 1 fully saturated rings. The van der Waals surface area contributed by atoms with Crippen molar-refractivity contribution in [3.05, 3.63) is 42.2 Å². The Morgan fingerprint density at radius 1 is 1.22 bits per heavy atom. The Balaban J connectivity index is 1.43. The van der Waals surface area contributed by atoms with Crippen molar-refractivity contribution >= 4 is 11.9 Å². The first kappa shape index (κ1) is 14.1. The number of anilines is 1. The largest absolute Gasteiger partial charge is 0.492 e. The summed E-state index contributed by atoms with van der Waals surface area (Å²) in [6.07, 6.45) is 3.75. The molecule has 2 aliphatic rings. The summed E-state index contributed by atoms with van der Waals surface area (Å²) in [7, 11) is 1.99. The molecule has 0 bridgehead atoms. The Morgan fingerprint density at radius 3 is 2.74 bits per heavy atom. The summed E-state index contributed by atoms with van der Waals surface area (Å²) in [4.78, 5) is 21.4. The fourth-order valence-electron chi connectivity index (χ4n) is 3.38. The van der Waals surface area contributed by atoms with Gasteiger partial charge in [-0.2, -0.15) is 0 Å². The molecule has 1 aromatic heterocycles. The van der Waals surface area contributed by atoms with Gasteiger partial charge < -0.3 is 19.1 Å². The molecule has 2 aliphatic heterocycles. The molecule has 3 heterocycles. The van der Waals surface area contributed by atoms with Gasteiger partial charge in [-0.15, -0.1) is 0 Å². The lowest BCUT2D eigenvalue weighted by atomic mass is 9.99. The van der Waals surface area contributed by atoms with Crippen LogP contribution in [0.1, 0.15) is 11.5 Å². The Kier molecular flexibility index (Phi) is 3.44. The zero-order valence-electron chi connectivity index (χ0n) is 13.2. The molecule has 2 aromatic rings. The number of ether oxygens (including phenoxy) is 1. The maximum Gasteiger partial charge on any atom is 0.233 e. The molecule has 6 heteroatoms. The van der Waals surface area contributed by atoms with E-state index in [0.717, 1.165) is 43.4 Å². The van der Waals surface area contributed by atoms with Crippen LogP contribution in [0.25, 0.3) is 0 Å². The number of carbonyl (C=O) groups excluding carboxylic acids is 1. The highest BCUT2D eigenvalue weighted by Crippen LogP contribution is 2.34. The number of aromatic nitrogens is 2. The lowest BCUT2D eigenvalue weighted by molar-refractivity contribution is -0.133. The topological polar surface area (TPSA) is 50.6 Å². The van der Waals surface area contributed by atoms with Crippen LogP contribution in [-0.2, 0) is 11.8 Å². The fourth-order valence-corrected chi connectivity index (χ4v) is 3.38. The van der Waals surface area contributed by atoms with E-state index in [-0.39, 0.29) is 11.8 Å². The number of amides is 1. The van der Waals surface area contributed by atoms with Crippen LogP contribution in [-0.4, -0.2) is 53.1 Å². The van der Waals surface area contributed by atoms with Gasteiger partial charge in [-0.1, -0.05) is 18.2 Å². The Bertz CT molecular complexity index is 719. The molecule has 6 nitrogen and oxygen atoms in total. The molecule has 0 spiro atoms. The van der Waals surface area contributed by atoms with E-state index >= 15 is 0 Å². The number of aryl methyl sites for hydroxylation is 1. The Morgan fingerprint density at radius 2 is 2.00 bits per heavy atom. The average Bonchev–Trinajstić information content (AvgIpc) is 3.20. The van der Waals surface area contributed by atoms with Crippen molar-refractivity contribution in [2.75, 3.05) is 37.7 Å². The third-order valence-electron chi connectivity index (χ3n) is 4.67. The van der Waals surface area contributed by atoms with E-state index in [0.29, 0.717) is 6.61 Å². The highest BCUT2D eigenvalue weighted by molar-refractivity contribution is 5.85. The molecule has 1 aromatic carbocycles. The SMILES string of the molecule is Cn1ccnc1N1CCN(C(=O)[C@H]2COc3ccccc32)CC1. The summed E-state index contributed by atoms with van der Waals surface area (Å²) >= 11 is 0. The standard InChI is InChI=1S/C17H20N4O2/c1-19-7-6-18-17(19)21-10-8-20(9-11-21)16(22)14-12-23-15-5-3-2-4-13(14)15/h2-7,14H,8-12H2,1H3/t14-/m0/s1. The van der Waals surface area contributed by atoms with Gasteiger partial charge in [0.05, 0.1) is 0 Å². The second kappa shape index (κ2) is 5.61.